The molecule has 8 aromatic rings. The number of para-hydroxylation sites is 1. The van der Waals surface area contributed by atoms with Crippen LogP contribution in [0.15, 0.2) is 161 Å². The molecular weight excluding hydrogens is 655 g/mol. The average Bonchev–Trinajstić information content (AvgIpc) is 3.58. The monoisotopic (exact) mass is 689 g/mol. The van der Waals surface area contributed by atoms with E-state index in [0.717, 1.165) is 66.6 Å². The first-order valence-electron chi connectivity index (χ1n) is 17.7. The van der Waals surface area contributed by atoms with Gasteiger partial charge in [-0.2, -0.15) is 0 Å². The van der Waals surface area contributed by atoms with E-state index in [1.54, 1.807) is 0 Å². The summed E-state index contributed by atoms with van der Waals surface area (Å²) in [6, 6.07) is 46.1. The van der Waals surface area contributed by atoms with Crippen LogP contribution >= 0.6 is 12.6 Å². The third kappa shape index (κ3) is 5.73. The Morgan fingerprint density at radius 2 is 1.21 bits per heavy atom. The summed E-state index contributed by atoms with van der Waals surface area (Å²) in [7, 11) is 0. The summed E-state index contributed by atoms with van der Waals surface area (Å²) in [4.78, 5) is 16.3. The van der Waals surface area contributed by atoms with Gasteiger partial charge < -0.3 is 4.42 Å². The Morgan fingerprint density at radius 3 is 2.08 bits per heavy atom. The molecule has 6 aromatic carbocycles. The fraction of sp³-hybridized carbons (Fsp3) is 0.0851. The topological polar surface area (TPSA) is 51.8 Å². The van der Waals surface area contributed by atoms with Crippen LogP contribution in [-0.4, -0.2) is 15.0 Å². The normalized spacial score (nSPS) is 14.2. The third-order valence-electron chi connectivity index (χ3n) is 9.98. The summed E-state index contributed by atoms with van der Waals surface area (Å²) in [5.41, 5.74) is 12.5. The van der Waals surface area contributed by atoms with Gasteiger partial charge in [-0.25, -0.2) is 15.0 Å². The number of hydrogen-bond donors (Lipinski definition) is 1. The van der Waals surface area contributed by atoms with Gasteiger partial charge in [-0.1, -0.05) is 140 Å². The quantitative estimate of drug-likeness (QED) is 0.177. The number of thiol groups is 1. The predicted octanol–water partition coefficient (Wildman–Crippen LogP) is 12.7. The largest absolute Gasteiger partial charge is 0.456 e. The maximum absolute atomic E-state index is 6.24. The highest BCUT2D eigenvalue weighted by Crippen LogP contribution is 2.40. The van der Waals surface area contributed by atoms with Crippen LogP contribution in [0, 0.1) is 12.8 Å². The zero-order valence-electron chi connectivity index (χ0n) is 28.9. The molecule has 0 aliphatic heterocycles. The second-order valence-corrected chi connectivity index (χ2v) is 13.9. The standard InChI is InChI=1S/C47H35N3OS/c1-29-13-8-17-33(27-29)45-48-46(50-47(49-45)40-24-12-26-42-43(40)39-19-6-7-25-41(39)51-42)34-18-9-16-32(28-34)37-22-11-23-38(44(37)52)36-21-10-20-35(30(36)2)31-14-4-3-5-15-31/h3-12,14-29,52H,13H2,1-2H3. The lowest BCUT2D eigenvalue weighted by Gasteiger charge is -2.16. The molecule has 0 amide bonds. The van der Waals surface area contributed by atoms with E-state index >= 15 is 0 Å². The van der Waals surface area contributed by atoms with Gasteiger partial charge in [0.2, 0.25) is 0 Å². The number of allylic oxidation sites excluding steroid dienone is 4. The van der Waals surface area contributed by atoms with E-state index < -0.39 is 0 Å². The number of benzene rings is 6. The fourth-order valence-electron chi connectivity index (χ4n) is 7.38. The number of aromatic nitrogens is 3. The molecule has 9 rings (SSSR count). The molecule has 5 heteroatoms. The van der Waals surface area contributed by atoms with E-state index in [-0.39, 0.29) is 0 Å². The van der Waals surface area contributed by atoms with Crippen molar-refractivity contribution in [3.63, 3.8) is 0 Å². The van der Waals surface area contributed by atoms with Crippen molar-refractivity contribution in [3.05, 3.63) is 163 Å². The molecular formula is C47H35N3OS. The van der Waals surface area contributed by atoms with Gasteiger partial charge in [-0.05, 0) is 76.4 Å². The van der Waals surface area contributed by atoms with Gasteiger partial charge >= 0.3 is 0 Å². The van der Waals surface area contributed by atoms with E-state index in [9.17, 15) is 0 Å². The van der Waals surface area contributed by atoms with Crippen molar-refractivity contribution in [1.82, 2.24) is 15.0 Å². The summed E-state index contributed by atoms with van der Waals surface area (Å²) in [6.07, 6.45) is 7.57. The lowest BCUT2D eigenvalue weighted by Crippen LogP contribution is -2.05. The van der Waals surface area contributed by atoms with Crippen molar-refractivity contribution < 1.29 is 4.42 Å². The SMILES string of the molecule is Cc1c(-c2ccccc2)cccc1-c1cccc(-c2cccc(-c3nc(C4=CC(C)CC=C4)nc(-c4cccc5oc6ccccc6c45)n3)c2)c1S. The first-order valence-corrected chi connectivity index (χ1v) is 18.1. The van der Waals surface area contributed by atoms with Gasteiger partial charge in [-0.15, -0.1) is 12.6 Å². The van der Waals surface area contributed by atoms with E-state index in [2.05, 4.69) is 135 Å². The lowest BCUT2D eigenvalue weighted by molar-refractivity contribution is 0.669. The molecule has 2 heterocycles. The van der Waals surface area contributed by atoms with Gasteiger partial charge in [0.15, 0.2) is 17.5 Å². The minimum atomic E-state index is 0.395. The van der Waals surface area contributed by atoms with Crippen molar-refractivity contribution in [2.24, 2.45) is 5.92 Å². The molecule has 1 unspecified atom stereocenters. The zero-order valence-corrected chi connectivity index (χ0v) is 29.8. The van der Waals surface area contributed by atoms with Crippen LogP contribution in [0.1, 0.15) is 24.7 Å². The Hall–Kier alpha value is -6.04. The van der Waals surface area contributed by atoms with E-state index in [1.165, 1.54) is 22.3 Å². The highest BCUT2D eigenvalue weighted by Gasteiger charge is 2.20. The molecule has 250 valence electrons. The summed E-state index contributed by atoms with van der Waals surface area (Å²) in [5.74, 6) is 2.28. The van der Waals surface area contributed by atoms with Crippen molar-refractivity contribution in [1.29, 1.82) is 0 Å². The summed E-state index contributed by atoms with van der Waals surface area (Å²) >= 11 is 5.17. The van der Waals surface area contributed by atoms with Crippen molar-refractivity contribution in [2.45, 2.75) is 25.2 Å². The molecule has 1 aliphatic rings. The Labute approximate surface area is 308 Å². The van der Waals surface area contributed by atoms with Crippen molar-refractivity contribution >= 4 is 40.1 Å². The molecule has 1 atom stereocenters. The second-order valence-electron chi connectivity index (χ2n) is 13.4. The minimum absolute atomic E-state index is 0.395. The molecule has 0 saturated heterocycles. The average molecular weight is 690 g/mol. The molecule has 0 fully saturated rings. The second kappa shape index (κ2) is 13.3. The van der Waals surface area contributed by atoms with Crippen molar-refractivity contribution in [3.8, 4) is 56.2 Å². The van der Waals surface area contributed by atoms with Crippen LogP contribution in [0.2, 0.25) is 0 Å². The van der Waals surface area contributed by atoms with Crippen LogP contribution in [0.5, 0.6) is 0 Å². The summed E-state index contributed by atoms with van der Waals surface area (Å²) < 4.78 is 6.24. The van der Waals surface area contributed by atoms with Gasteiger partial charge in [0, 0.05) is 32.4 Å². The highest BCUT2D eigenvalue weighted by molar-refractivity contribution is 7.80. The van der Waals surface area contributed by atoms with Crippen molar-refractivity contribution in [2.75, 3.05) is 0 Å². The molecule has 0 radical (unpaired) electrons. The number of hydrogen-bond acceptors (Lipinski definition) is 5. The first-order chi connectivity index (χ1) is 25.5. The summed E-state index contributed by atoms with van der Waals surface area (Å²) in [5, 5.41) is 2.04. The van der Waals surface area contributed by atoms with Gasteiger partial charge in [0.05, 0.1) is 0 Å². The number of fused-ring (bicyclic) bond motifs is 3. The van der Waals surface area contributed by atoms with Crippen LogP contribution in [0.25, 0.3) is 83.7 Å². The number of rotatable bonds is 6. The maximum Gasteiger partial charge on any atom is 0.164 e. The van der Waals surface area contributed by atoms with Crippen LogP contribution in [-0.2, 0) is 0 Å². The Morgan fingerprint density at radius 1 is 0.577 bits per heavy atom. The fourth-order valence-corrected chi connectivity index (χ4v) is 7.78. The molecule has 0 N–H and O–H groups in total. The molecule has 0 spiro atoms. The Balaban J connectivity index is 1.18. The minimum Gasteiger partial charge on any atom is -0.456 e. The molecule has 4 nitrogen and oxygen atoms in total. The molecule has 0 saturated carbocycles. The molecule has 52 heavy (non-hydrogen) atoms. The van der Waals surface area contributed by atoms with Crippen LogP contribution in [0.3, 0.4) is 0 Å². The summed E-state index contributed by atoms with van der Waals surface area (Å²) in [6.45, 7) is 4.41. The molecule has 1 aliphatic carbocycles. The Kier molecular flexibility index (Phi) is 8.13. The lowest BCUT2D eigenvalue weighted by atomic mass is 9.91. The maximum atomic E-state index is 6.24. The predicted molar refractivity (Wildman–Crippen MR) is 217 cm³/mol. The van der Waals surface area contributed by atoms with Gasteiger partial charge in [0.25, 0.3) is 0 Å². The molecule has 0 bridgehead atoms. The van der Waals surface area contributed by atoms with E-state index in [1.807, 2.05) is 30.3 Å². The van der Waals surface area contributed by atoms with Crippen LogP contribution in [0.4, 0.5) is 0 Å². The highest BCUT2D eigenvalue weighted by atomic mass is 32.1. The van der Waals surface area contributed by atoms with E-state index in [0.29, 0.717) is 23.4 Å². The number of furan rings is 1. The van der Waals surface area contributed by atoms with E-state index in [4.69, 9.17) is 32.0 Å². The smallest absolute Gasteiger partial charge is 0.164 e. The van der Waals surface area contributed by atoms with Crippen LogP contribution < -0.4 is 0 Å². The third-order valence-corrected chi connectivity index (χ3v) is 10.5. The molecule has 2 aromatic heterocycles. The zero-order chi connectivity index (χ0) is 35.2. The Bertz CT molecular complexity index is 2710. The van der Waals surface area contributed by atoms with Gasteiger partial charge in [-0.3, -0.25) is 0 Å². The number of nitrogens with zero attached hydrogens (tertiary/aromatic N) is 3. The first kappa shape index (κ1) is 31.9. The van der Waals surface area contributed by atoms with Gasteiger partial charge in [0.1, 0.15) is 11.2 Å².